The van der Waals surface area contributed by atoms with Gasteiger partial charge in [0.2, 0.25) is 0 Å². The molecule has 0 aliphatic rings. The van der Waals surface area contributed by atoms with Gasteiger partial charge in [-0.1, -0.05) is 188 Å². The van der Waals surface area contributed by atoms with Gasteiger partial charge in [0, 0.05) is 80.0 Å². The van der Waals surface area contributed by atoms with Crippen molar-refractivity contribution < 1.29 is 8.78 Å². The summed E-state index contributed by atoms with van der Waals surface area (Å²) < 4.78 is 38.9. The number of rotatable bonds is 10. The van der Waals surface area contributed by atoms with Crippen LogP contribution in [0.4, 0.5) is 8.78 Å². The third-order valence-electron chi connectivity index (χ3n) is 19.7. The van der Waals surface area contributed by atoms with E-state index < -0.39 is 0 Å². The van der Waals surface area contributed by atoms with Crippen molar-refractivity contribution >= 4 is 76.6 Å². The van der Waals surface area contributed by atoms with Crippen LogP contribution in [0.15, 0.2) is 365 Å². The Hall–Kier alpha value is -14.6. The number of nitrogens with zero attached hydrogens (tertiary/aromatic N) is 12. The highest BCUT2D eigenvalue weighted by molar-refractivity contribution is 6.13. The lowest BCUT2D eigenvalue weighted by Crippen LogP contribution is -1.99. The Morgan fingerprint density at radius 1 is 0.252 bits per heavy atom. The van der Waals surface area contributed by atoms with Crippen LogP contribution in [0.2, 0.25) is 0 Å². The SMILES string of the molecule is Fc1ccc2c(c1)c1cc(F)ccc1n2-c1cc(-c2ccccc2)nc(-c2ccccn2)c1.c1ccc(-c2c(-c3ncc(-n4c5ccccc5c5ccccc54)cn3)cn3ccccc23)cc1.c1ccc(-c2ccc3c(c2)c2cc(-c4ccccc4)ccc2n3-c2cnc(-c3cn4ccccc4n3)nc2)cc1. The Bertz CT molecular complexity index is 6570. The van der Waals surface area contributed by atoms with E-state index in [0.29, 0.717) is 28.1 Å². The zero-order chi connectivity index (χ0) is 71.3. The summed E-state index contributed by atoms with van der Waals surface area (Å²) in [6.45, 7) is 0. The van der Waals surface area contributed by atoms with Gasteiger partial charge in [-0.25, -0.2) is 38.7 Å². The van der Waals surface area contributed by atoms with Gasteiger partial charge in [-0.2, -0.15) is 0 Å². The normalized spacial score (nSPS) is 11.5. The molecule has 107 heavy (non-hydrogen) atoms. The van der Waals surface area contributed by atoms with Crippen molar-refractivity contribution in [1.82, 2.24) is 57.4 Å². The number of fused-ring (bicyclic) bond motifs is 11. The predicted octanol–water partition coefficient (Wildman–Crippen LogP) is 22.6. The molecule has 12 nitrogen and oxygen atoms in total. The third-order valence-corrected chi connectivity index (χ3v) is 19.7. The third kappa shape index (κ3) is 11.7. The van der Waals surface area contributed by atoms with Crippen molar-refractivity contribution in [2.45, 2.75) is 0 Å². The van der Waals surface area contributed by atoms with Gasteiger partial charge in [-0.3, -0.25) is 4.98 Å². The first-order chi connectivity index (χ1) is 52.9. The van der Waals surface area contributed by atoms with Gasteiger partial charge in [0.15, 0.2) is 11.6 Å². The highest BCUT2D eigenvalue weighted by atomic mass is 19.1. The van der Waals surface area contributed by atoms with Gasteiger partial charge in [-0.05, 0) is 149 Å². The summed E-state index contributed by atoms with van der Waals surface area (Å²) in [6.07, 6.45) is 17.5. The van der Waals surface area contributed by atoms with Gasteiger partial charge < -0.3 is 22.5 Å². The van der Waals surface area contributed by atoms with Crippen LogP contribution in [-0.4, -0.2) is 57.4 Å². The molecule has 0 radical (unpaired) electrons. The van der Waals surface area contributed by atoms with Crippen LogP contribution in [0, 0.1) is 11.6 Å². The van der Waals surface area contributed by atoms with Crippen LogP contribution in [0.3, 0.4) is 0 Å². The van der Waals surface area contributed by atoms with Gasteiger partial charge in [-0.15, -0.1) is 0 Å². The first-order valence-corrected chi connectivity index (χ1v) is 35.2. The molecular formula is C93H60F2N12. The van der Waals surface area contributed by atoms with Crippen molar-refractivity contribution in [3.63, 3.8) is 0 Å². The molecule has 0 saturated heterocycles. The molecule has 11 aromatic heterocycles. The Morgan fingerprint density at radius 3 is 1.24 bits per heavy atom. The first kappa shape index (κ1) is 63.3. The van der Waals surface area contributed by atoms with Crippen LogP contribution in [0.5, 0.6) is 0 Å². The topological polar surface area (TPSA) is 114 Å². The Labute approximate surface area is 612 Å². The highest BCUT2D eigenvalue weighted by Crippen LogP contribution is 2.41. The van der Waals surface area contributed by atoms with Crippen molar-refractivity contribution in [3.8, 4) is 96.0 Å². The van der Waals surface area contributed by atoms with E-state index in [9.17, 15) is 8.78 Å². The molecule has 0 bridgehead atoms. The molecule has 0 fully saturated rings. The zero-order valence-electron chi connectivity index (χ0n) is 57.3. The Kier molecular flexibility index (Phi) is 15.9. The Morgan fingerprint density at radius 2 is 0.692 bits per heavy atom. The van der Waals surface area contributed by atoms with E-state index in [1.807, 2.05) is 137 Å². The number of pyridine rings is 4. The quantitative estimate of drug-likeness (QED) is 0.134. The molecule has 0 saturated carbocycles. The number of para-hydroxylation sites is 2. The standard InChI is InChI=1S/C35H23N5.C30H20N4.C28H17F2N3/c1-3-9-24(10-4-1)26-14-16-32-29(19-26)30-20-27(25-11-5-2-6-12-25)15-17-33(30)40(32)28-21-36-35(37-22-28)31-23-39-18-8-7-13-34(39)38-31;1-2-10-21(11-3-1)29-25(20-33-17-9-8-16-28(29)33)30-31-18-22(19-32-30)34-26-14-6-4-12-23(26)24-13-5-7-15-27(24)34;29-19-9-11-27-22(14-19)23-15-20(30)10-12-28(23)33(27)21-16-25(18-6-2-1-3-7-18)32-26(17-21)24-8-4-5-13-31-24/h1-23H;1-20H;1-17H. The van der Waals surface area contributed by atoms with Crippen LogP contribution in [0.1, 0.15) is 0 Å². The largest absolute Gasteiger partial charge is 0.322 e. The molecule has 0 unspecified atom stereocenters. The maximum absolute atomic E-state index is 14.1. The summed E-state index contributed by atoms with van der Waals surface area (Å²) in [6, 6.07) is 103. The minimum absolute atomic E-state index is 0.361. The molecule has 14 heteroatoms. The maximum Gasteiger partial charge on any atom is 0.179 e. The number of imidazole rings is 1. The second-order valence-electron chi connectivity index (χ2n) is 26.1. The average molecular weight is 1380 g/mol. The predicted molar refractivity (Wildman–Crippen MR) is 427 cm³/mol. The number of benzene rings is 10. The van der Waals surface area contributed by atoms with E-state index in [1.165, 1.54) is 68.1 Å². The molecule has 0 N–H and O–H groups in total. The van der Waals surface area contributed by atoms with E-state index in [2.05, 4.69) is 218 Å². The Balaban J connectivity index is 0.000000110. The van der Waals surface area contributed by atoms with Crippen molar-refractivity contribution in [2.24, 2.45) is 0 Å². The first-order valence-electron chi connectivity index (χ1n) is 35.2. The van der Waals surface area contributed by atoms with Gasteiger partial charge in [0.25, 0.3) is 0 Å². The monoisotopic (exact) mass is 1380 g/mol. The summed E-state index contributed by atoms with van der Waals surface area (Å²) in [5.74, 6) is 0.595. The smallest absolute Gasteiger partial charge is 0.179 e. The van der Waals surface area contributed by atoms with Crippen LogP contribution in [-0.2, 0) is 0 Å². The fraction of sp³-hybridized carbons (Fsp3) is 0. The van der Waals surface area contributed by atoms with Crippen LogP contribution < -0.4 is 0 Å². The van der Waals surface area contributed by atoms with E-state index in [1.54, 1.807) is 18.3 Å². The molecule has 21 rings (SSSR count). The van der Waals surface area contributed by atoms with Gasteiger partial charge in [0.1, 0.15) is 23.0 Å². The summed E-state index contributed by atoms with van der Waals surface area (Å²) in [4.78, 5) is 33.2. The molecule has 11 heterocycles. The van der Waals surface area contributed by atoms with E-state index >= 15 is 0 Å². The van der Waals surface area contributed by atoms with Crippen LogP contribution >= 0.6 is 0 Å². The maximum atomic E-state index is 14.1. The van der Waals surface area contributed by atoms with E-state index in [-0.39, 0.29) is 11.6 Å². The van der Waals surface area contributed by atoms with Crippen LogP contribution in [0.25, 0.3) is 173 Å². The van der Waals surface area contributed by atoms with E-state index in [0.717, 1.165) is 101 Å². The number of halogens is 2. The van der Waals surface area contributed by atoms with Crippen molar-refractivity contribution in [2.75, 3.05) is 0 Å². The van der Waals surface area contributed by atoms with Crippen molar-refractivity contribution in [1.29, 1.82) is 0 Å². The highest BCUT2D eigenvalue weighted by Gasteiger charge is 2.22. The second kappa shape index (κ2) is 27.0. The fourth-order valence-corrected chi connectivity index (χ4v) is 14.8. The minimum atomic E-state index is -0.361. The van der Waals surface area contributed by atoms with E-state index in [4.69, 9.17) is 24.9 Å². The summed E-state index contributed by atoms with van der Waals surface area (Å²) in [5.41, 5.74) is 22.9. The summed E-state index contributed by atoms with van der Waals surface area (Å²) >= 11 is 0. The molecule has 0 spiro atoms. The zero-order valence-corrected chi connectivity index (χ0v) is 57.3. The lowest BCUT2D eigenvalue weighted by Gasteiger charge is -2.13. The molecular weight excluding hydrogens is 1320 g/mol. The second-order valence-corrected chi connectivity index (χ2v) is 26.1. The molecule has 0 aliphatic heterocycles. The average Bonchev–Trinajstić information content (AvgIpc) is 1.60. The molecule has 506 valence electrons. The number of hydrogen-bond donors (Lipinski definition) is 0. The summed E-state index contributed by atoms with van der Waals surface area (Å²) in [5, 5.41) is 6.15. The van der Waals surface area contributed by atoms with Gasteiger partial charge in [0.05, 0.1) is 97.5 Å². The molecule has 0 atom stereocenters. The minimum Gasteiger partial charge on any atom is -0.322 e. The number of aromatic nitrogens is 12. The lowest BCUT2D eigenvalue weighted by molar-refractivity contribution is 0.628. The van der Waals surface area contributed by atoms with Crippen molar-refractivity contribution in [3.05, 3.63) is 377 Å². The molecule has 10 aromatic carbocycles. The van der Waals surface area contributed by atoms with Gasteiger partial charge >= 0.3 is 0 Å². The molecule has 21 aromatic rings. The lowest BCUT2D eigenvalue weighted by atomic mass is 10.0. The number of hydrogen-bond acceptors (Lipinski definition) is 7. The fourth-order valence-electron chi connectivity index (χ4n) is 14.8. The molecule has 0 aliphatic carbocycles. The summed E-state index contributed by atoms with van der Waals surface area (Å²) in [7, 11) is 0. The molecule has 0 amide bonds.